The van der Waals surface area contributed by atoms with Crippen molar-refractivity contribution in [3.8, 4) is 23.0 Å². The van der Waals surface area contributed by atoms with Crippen LogP contribution in [-0.4, -0.2) is 49.1 Å². The molecule has 1 saturated heterocycles. The molecule has 1 fully saturated rings. The molecule has 188 valence electrons. The quantitative estimate of drug-likeness (QED) is 0.459. The molecule has 7 heteroatoms. The first-order valence-corrected chi connectivity index (χ1v) is 12.3. The fraction of sp³-hybridized carbons (Fsp3) is 0.310. The molecular weight excluding hydrogens is 456 g/mol. The SMILES string of the molecule is CCOc1ccc(C(=O)N2CCC(NC(=O)COc3ccc(Oc4ccc(C)cc4)cc3)CC2)cc1. The Morgan fingerprint density at radius 2 is 1.33 bits per heavy atom. The topological polar surface area (TPSA) is 77.1 Å². The molecule has 0 aliphatic carbocycles. The Morgan fingerprint density at radius 1 is 0.806 bits per heavy atom. The van der Waals surface area contributed by atoms with Crippen LogP contribution in [0.25, 0.3) is 0 Å². The summed E-state index contributed by atoms with van der Waals surface area (Å²) in [6, 6.07) is 22.2. The Labute approximate surface area is 212 Å². The highest BCUT2D eigenvalue weighted by Gasteiger charge is 2.24. The van der Waals surface area contributed by atoms with E-state index in [1.165, 1.54) is 5.56 Å². The maximum absolute atomic E-state index is 12.8. The summed E-state index contributed by atoms with van der Waals surface area (Å²) in [5.41, 5.74) is 1.82. The van der Waals surface area contributed by atoms with Gasteiger partial charge in [-0.15, -0.1) is 0 Å². The Balaban J connectivity index is 1.17. The lowest BCUT2D eigenvalue weighted by Gasteiger charge is -2.32. The number of benzene rings is 3. The highest BCUT2D eigenvalue weighted by atomic mass is 16.5. The van der Waals surface area contributed by atoms with Crippen molar-refractivity contribution >= 4 is 11.8 Å². The number of hydrogen-bond acceptors (Lipinski definition) is 5. The number of carbonyl (C=O) groups excluding carboxylic acids is 2. The largest absolute Gasteiger partial charge is 0.494 e. The maximum Gasteiger partial charge on any atom is 0.258 e. The molecule has 36 heavy (non-hydrogen) atoms. The first-order chi connectivity index (χ1) is 17.5. The van der Waals surface area contributed by atoms with Crippen LogP contribution in [0.15, 0.2) is 72.8 Å². The van der Waals surface area contributed by atoms with Gasteiger partial charge >= 0.3 is 0 Å². The fourth-order valence-electron chi connectivity index (χ4n) is 4.03. The first-order valence-electron chi connectivity index (χ1n) is 12.3. The summed E-state index contributed by atoms with van der Waals surface area (Å²) in [4.78, 5) is 27.0. The molecule has 0 radical (unpaired) electrons. The van der Waals surface area contributed by atoms with Gasteiger partial charge < -0.3 is 24.4 Å². The van der Waals surface area contributed by atoms with Crippen molar-refractivity contribution in [3.63, 3.8) is 0 Å². The number of piperidine rings is 1. The molecule has 1 heterocycles. The lowest BCUT2D eigenvalue weighted by molar-refractivity contribution is -0.124. The number of rotatable bonds is 9. The lowest BCUT2D eigenvalue weighted by Crippen LogP contribution is -2.47. The minimum Gasteiger partial charge on any atom is -0.494 e. The van der Waals surface area contributed by atoms with Crippen LogP contribution in [0.5, 0.6) is 23.0 Å². The highest BCUT2D eigenvalue weighted by molar-refractivity contribution is 5.94. The van der Waals surface area contributed by atoms with Crippen molar-refractivity contribution in [1.29, 1.82) is 0 Å². The predicted octanol–water partition coefficient (Wildman–Crippen LogP) is 4.99. The molecule has 4 rings (SSSR count). The van der Waals surface area contributed by atoms with Crippen molar-refractivity contribution in [2.45, 2.75) is 32.7 Å². The van der Waals surface area contributed by atoms with Crippen LogP contribution in [0, 0.1) is 6.92 Å². The van der Waals surface area contributed by atoms with Crippen LogP contribution in [0.4, 0.5) is 0 Å². The van der Waals surface area contributed by atoms with Crippen molar-refractivity contribution in [1.82, 2.24) is 10.2 Å². The second-order valence-electron chi connectivity index (χ2n) is 8.77. The lowest BCUT2D eigenvalue weighted by atomic mass is 10.0. The van der Waals surface area contributed by atoms with Crippen molar-refractivity contribution in [3.05, 3.63) is 83.9 Å². The normalized spacial score (nSPS) is 13.7. The van der Waals surface area contributed by atoms with Crippen LogP contribution in [-0.2, 0) is 4.79 Å². The van der Waals surface area contributed by atoms with Crippen LogP contribution in [0.1, 0.15) is 35.7 Å². The first kappa shape index (κ1) is 25.1. The van der Waals surface area contributed by atoms with Gasteiger partial charge in [0.2, 0.25) is 0 Å². The van der Waals surface area contributed by atoms with Gasteiger partial charge in [-0.05, 0) is 87.4 Å². The van der Waals surface area contributed by atoms with Crippen molar-refractivity contribution in [2.24, 2.45) is 0 Å². The minimum atomic E-state index is -0.175. The molecule has 0 saturated carbocycles. The molecule has 3 aromatic carbocycles. The van der Waals surface area contributed by atoms with Gasteiger partial charge in [-0.3, -0.25) is 9.59 Å². The number of nitrogens with one attached hydrogen (secondary N) is 1. The van der Waals surface area contributed by atoms with Gasteiger partial charge in [-0.1, -0.05) is 17.7 Å². The number of amides is 2. The van der Waals surface area contributed by atoms with E-state index in [1.54, 1.807) is 24.3 Å². The van der Waals surface area contributed by atoms with E-state index in [1.807, 2.05) is 67.3 Å². The molecule has 1 N–H and O–H groups in total. The standard InChI is InChI=1S/C29H32N2O5/c1-3-34-24-10-6-22(7-11-24)29(33)31-18-16-23(17-19-31)30-28(32)20-35-25-12-14-27(15-13-25)36-26-8-4-21(2)5-9-26/h4-15,23H,3,16-20H2,1-2H3,(H,30,32). The van der Waals surface area contributed by atoms with E-state index in [9.17, 15) is 9.59 Å². The summed E-state index contributed by atoms with van der Waals surface area (Å²) in [5, 5.41) is 3.02. The van der Waals surface area contributed by atoms with Gasteiger partial charge in [-0.25, -0.2) is 0 Å². The van der Waals surface area contributed by atoms with Gasteiger partial charge in [0.15, 0.2) is 6.61 Å². The van der Waals surface area contributed by atoms with Gasteiger partial charge in [0.1, 0.15) is 23.0 Å². The van der Waals surface area contributed by atoms with Gasteiger partial charge in [0, 0.05) is 24.7 Å². The van der Waals surface area contributed by atoms with E-state index in [2.05, 4.69) is 5.32 Å². The Morgan fingerprint density at radius 3 is 1.94 bits per heavy atom. The summed E-state index contributed by atoms with van der Waals surface area (Å²) in [6.07, 6.45) is 1.42. The predicted molar refractivity (Wildman–Crippen MR) is 138 cm³/mol. The van der Waals surface area contributed by atoms with E-state index in [4.69, 9.17) is 14.2 Å². The Kier molecular flexibility index (Phi) is 8.44. The van der Waals surface area contributed by atoms with Gasteiger partial charge in [0.05, 0.1) is 6.61 Å². The zero-order chi connectivity index (χ0) is 25.3. The molecule has 0 unspecified atom stereocenters. The van der Waals surface area contributed by atoms with E-state index in [0.717, 1.165) is 11.5 Å². The number of nitrogens with zero attached hydrogens (tertiary/aromatic N) is 1. The molecule has 2 amide bonds. The molecule has 3 aromatic rings. The minimum absolute atomic E-state index is 0.000892. The van der Waals surface area contributed by atoms with Crippen LogP contribution >= 0.6 is 0 Å². The van der Waals surface area contributed by atoms with Gasteiger partial charge in [0.25, 0.3) is 11.8 Å². The van der Waals surface area contributed by atoms with E-state index < -0.39 is 0 Å². The average Bonchev–Trinajstić information content (AvgIpc) is 2.90. The highest BCUT2D eigenvalue weighted by Crippen LogP contribution is 2.24. The number of hydrogen-bond donors (Lipinski definition) is 1. The molecule has 7 nitrogen and oxygen atoms in total. The van der Waals surface area contributed by atoms with Crippen molar-refractivity contribution < 1.29 is 23.8 Å². The molecule has 0 atom stereocenters. The van der Waals surface area contributed by atoms with Crippen molar-refractivity contribution in [2.75, 3.05) is 26.3 Å². The summed E-state index contributed by atoms with van der Waals surface area (Å²) >= 11 is 0. The number of likely N-dealkylation sites (tertiary alicyclic amines) is 1. The zero-order valence-corrected chi connectivity index (χ0v) is 20.7. The molecule has 0 spiro atoms. The number of ether oxygens (including phenoxy) is 3. The smallest absolute Gasteiger partial charge is 0.258 e. The average molecular weight is 489 g/mol. The third-order valence-corrected chi connectivity index (χ3v) is 6.01. The summed E-state index contributed by atoms with van der Waals surface area (Å²) in [6.45, 7) is 5.67. The third-order valence-electron chi connectivity index (χ3n) is 6.01. The monoisotopic (exact) mass is 488 g/mol. The van der Waals surface area contributed by atoms with E-state index in [-0.39, 0.29) is 24.5 Å². The number of aryl methyl sites for hydroxylation is 1. The maximum atomic E-state index is 12.8. The molecular formula is C29H32N2O5. The Hall–Kier alpha value is -4.00. The molecule has 1 aliphatic heterocycles. The fourth-order valence-corrected chi connectivity index (χ4v) is 4.03. The second kappa shape index (κ2) is 12.1. The van der Waals surface area contributed by atoms with Crippen LogP contribution in [0.2, 0.25) is 0 Å². The summed E-state index contributed by atoms with van der Waals surface area (Å²) in [5.74, 6) is 2.64. The Bertz CT molecular complexity index is 1140. The molecule has 0 aromatic heterocycles. The van der Waals surface area contributed by atoms with E-state index in [0.29, 0.717) is 49.6 Å². The second-order valence-corrected chi connectivity index (χ2v) is 8.77. The van der Waals surface area contributed by atoms with Gasteiger partial charge in [-0.2, -0.15) is 0 Å². The van der Waals surface area contributed by atoms with Crippen LogP contribution < -0.4 is 19.5 Å². The summed E-state index contributed by atoms with van der Waals surface area (Å²) in [7, 11) is 0. The van der Waals surface area contributed by atoms with E-state index >= 15 is 0 Å². The molecule has 0 bridgehead atoms. The summed E-state index contributed by atoms with van der Waals surface area (Å²) < 4.78 is 16.9. The van der Waals surface area contributed by atoms with Crippen LogP contribution in [0.3, 0.4) is 0 Å². The third kappa shape index (κ3) is 7.01. The zero-order valence-electron chi connectivity index (χ0n) is 20.7. The molecule has 1 aliphatic rings. The number of carbonyl (C=O) groups is 2.